The van der Waals surface area contributed by atoms with Gasteiger partial charge in [-0.3, -0.25) is 15.0 Å². The van der Waals surface area contributed by atoms with E-state index in [1.807, 2.05) is 36.8 Å². The minimum Gasteiger partial charge on any atom is -0.256 e. The fourth-order valence-electron chi connectivity index (χ4n) is 6.93. The maximum atomic E-state index is 4.92. The number of rotatable bonds is 15. The Labute approximate surface area is 293 Å². The van der Waals surface area contributed by atoms with Crippen LogP contribution in [0.4, 0.5) is 0 Å². The topological polar surface area (TPSA) is 38.7 Å². The molecule has 0 N–H and O–H groups in total. The number of hydrogen-bond donors (Lipinski definition) is 0. The van der Waals surface area contributed by atoms with Crippen molar-refractivity contribution in [1.29, 1.82) is 0 Å². The fourth-order valence-corrected chi connectivity index (χ4v) is 6.93. The number of hydrogen-bond acceptors (Lipinski definition) is 3. The lowest BCUT2D eigenvalue weighted by molar-refractivity contribution is 0.788. The van der Waals surface area contributed by atoms with Crippen molar-refractivity contribution in [2.24, 2.45) is 0 Å². The summed E-state index contributed by atoms with van der Waals surface area (Å²) in [5.74, 6) is -0.0873. The maximum absolute atomic E-state index is 4.92. The first-order chi connectivity index (χ1) is 24.2. The molecule has 3 heterocycles. The van der Waals surface area contributed by atoms with Crippen LogP contribution in [-0.2, 0) is 19.3 Å². The lowest BCUT2D eigenvalue weighted by atomic mass is 9.76. The van der Waals surface area contributed by atoms with Crippen molar-refractivity contribution in [2.45, 2.75) is 84.5 Å². The molecule has 6 rings (SSSR count). The largest absolute Gasteiger partial charge is 0.256 e. The van der Waals surface area contributed by atoms with Crippen LogP contribution in [0.15, 0.2) is 128 Å². The van der Waals surface area contributed by atoms with Crippen molar-refractivity contribution in [3.8, 4) is 33.8 Å². The summed E-state index contributed by atoms with van der Waals surface area (Å²) in [7, 11) is 0. The number of benzene rings is 3. The van der Waals surface area contributed by atoms with Crippen molar-refractivity contribution >= 4 is 0 Å². The molecule has 6 aromatic rings. The molecule has 0 aliphatic rings. The van der Waals surface area contributed by atoms with E-state index in [2.05, 4.69) is 112 Å². The maximum Gasteiger partial charge on any atom is 0.0705 e. The second-order valence-corrected chi connectivity index (χ2v) is 13.2. The van der Waals surface area contributed by atoms with Crippen LogP contribution in [0.1, 0.15) is 98.6 Å². The Hall–Kier alpha value is -4.89. The number of pyridine rings is 3. The molecule has 0 fully saturated rings. The first-order valence-electron chi connectivity index (χ1n) is 18.3. The van der Waals surface area contributed by atoms with E-state index >= 15 is 0 Å². The zero-order valence-electron chi connectivity index (χ0n) is 29.4. The molecule has 3 aromatic carbocycles. The average Bonchev–Trinajstić information content (AvgIpc) is 3.17. The second kappa shape index (κ2) is 17.0. The molecule has 0 aliphatic heterocycles. The van der Waals surface area contributed by atoms with E-state index in [1.54, 1.807) is 0 Å². The summed E-state index contributed by atoms with van der Waals surface area (Å²) in [6, 6.07) is 40.1. The third-order valence-corrected chi connectivity index (χ3v) is 9.56. The van der Waals surface area contributed by atoms with E-state index < -0.39 is 0 Å². The Morgan fingerprint density at radius 2 is 0.735 bits per heavy atom. The first kappa shape index (κ1) is 34.0. The normalized spacial score (nSPS) is 11.3. The molecule has 0 saturated heterocycles. The van der Waals surface area contributed by atoms with Gasteiger partial charge in [0.05, 0.1) is 17.1 Å². The van der Waals surface area contributed by atoms with Gasteiger partial charge in [-0.2, -0.15) is 0 Å². The molecule has 0 amide bonds. The van der Waals surface area contributed by atoms with Crippen LogP contribution in [-0.4, -0.2) is 15.0 Å². The number of aromatic nitrogens is 3. The van der Waals surface area contributed by atoms with Gasteiger partial charge in [-0.25, -0.2) is 0 Å². The van der Waals surface area contributed by atoms with E-state index in [9.17, 15) is 0 Å². The highest BCUT2D eigenvalue weighted by atomic mass is 14.7. The summed E-state index contributed by atoms with van der Waals surface area (Å²) in [6.07, 6.45) is 15.8. The monoisotopic (exact) mass is 643 g/mol. The van der Waals surface area contributed by atoms with Gasteiger partial charge in [-0.15, -0.1) is 0 Å². The molecule has 0 spiro atoms. The zero-order chi connectivity index (χ0) is 33.8. The Morgan fingerprint density at radius 3 is 1.00 bits per heavy atom. The van der Waals surface area contributed by atoms with Gasteiger partial charge in [0.15, 0.2) is 0 Å². The van der Waals surface area contributed by atoms with Crippen molar-refractivity contribution in [3.05, 3.63) is 161 Å². The van der Waals surface area contributed by atoms with Crippen molar-refractivity contribution < 1.29 is 0 Å². The summed E-state index contributed by atoms with van der Waals surface area (Å²) < 4.78 is 0. The molecular weight excluding hydrogens is 595 g/mol. The predicted octanol–water partition coefficient (Wildman–Crippen LogP) is 12.1. The summed E-state index contributed by atoms with van der Waals surface area (Å²) in [6.45, 7) is 6.82. The van der Waals surface area contributed by atoms with E-state index in [0.717, 1.165) is 74.9 Å². The molecule has 0 bridgehead atoms. The van der Waals surface area contributed by atoms with Gasteiger partial charge in [-0.05, 0) is 108 Å². The zero-order valence-corrected chi connectivity index (χ0v) is 29.4. The van der Waals surface area contributed by atoms with Gasteiger partial charge in [0.1, 0.15) is 0 Å². The minimum absolute atomic E-state index is 0.0873. The first-order valence-corrected chi connectivity index (χ1v) is 18.3. The molecule has 0 radical (unpaired) electrons. The quantitative estimate of drug-likeness (QED) is 0.105. The van der Waals surface area contributed by atoms with Crippen LogP contribution in [0.3, 0.4) is 0 Å². The predicted molar refractivity (Wildman–Crippen MR) is 206 cm³/mol. The van der Waals surface area contributed by atoms with Gasteiger partial charge < -0.3 is 0 Å². The van der Waals surface area contributed by atoms with E-state index in [4.69, 9.17) is 15.0 Å². The van der Waals surface area contributed by atoms with Crippen molar-refractivity contribution in [2.75, 3.05) is 0 Å². The highest BCUT2D eigenvalue weighted by Gasteiger charge is 2.28. The van der Waals surface area contributed by atoms with Gasteiger partial charge in [0.25, 0.3) is 0 Å². The Morgan fingerprint density at radius 1 is 0.408 bits per heavy atom. The Kier molecular flexibility index (Phi) is 11.8. The number of nitrogens with zero attached hydrogens (tertiary/aromatic N) is 3. The van der Waals surface area contributed by atoms with Gasteiger partial charge in [0.2, 0.25) is 0 Å². The van der Waals surface area contributed by atoms with Crippen molar-refractivity contribution in [1.82, 2.24) is 15.0 Å². The standard InChI is InChI=1S/C46H49N3/c1-4-7-16-34-22-25-37(43-19-10-13-28-47-43)40(31-34)46(41-32-35(17-8-5-2)23-26-38(41)44-20-11-14-29-48-44)42-33-36(18-9-6-3)24-27-39(42)45-21-12-15-30-49-45/h10-15,19-33,46H,4-9,16-18H2,1-3H3. The van der Waals surface area contributed by atoms with Crippen LogP contribution in [0, 0.1) is 0 Å². The second-order valence-electron chi connectivity index (χ2n) is 13.2. The van der Waals surface area contributed by atoms with Crippen molar-refractivity contribution in [3.63, 3.8) is 0 Å². The fraction of sp³-hybridized carbons (Fsp3) is 0.283. The number of unbranched alkanes of at least 4 members (excludes halogenated alkanes) is 3. The third-order valence-electron chi connectivity index (χ3n) is 9.56. The van der Waals surface area contributed by atoms with Crippen LogP contribution < -0.4 is 0 Å². The smallest absolute Gasteiger partial charge is 0.0705 e. The molecule has 248 valence electrons. The SMILES string of the molecule is CCCCc1ccc(-c2ccccn2)c(C(c2cc(CCCC)ccc2-c2ccccn2)c2cc(CCCC)ccc2-c2ccccn2)c1. The summed E-state index contributed by atoms with van der Waals surface area (Å²) in [4.78, 5) is 14.8. The molecule has 0 atom stereocenters. The van der Waals surface area contributed by atoms with Gasteiger partial charge >= 0.3 is 0 Å². The van der Waals surface area contributed by atoms with Gasteiger partial charge in [-0.1, -0.05) is 113 Å². The highest BCUT2D eigenvalue weighted by Crippen LogP contribution is 2.45. The molecule has 3 heteroatoms. The van der Waals surface area contributed by atoms with E-state index in [-0.39, 0.29) is 5.92 Å². The Balaban J connectivity index is 1.72. The summed E-state index contributed by atoms with van der Waals surface area (Å²) >= 11 is 0. The molecular formula is C46H49N3. The highest BCUT2D eigenvalue weighted by molar-refractivity contribution is 5.76. The van der Waals surface area contributed by atoms with E-state index in [0.29, 0.717) is 0 Å². The molecule has 3 aromatic heterocycles. The number of aryl methyl sites for hydroxylation is 3. The molecule has 0 unspecified atom stereocenters. The van der Waals surface area contributed by atoms with Crippen LogP contribution in [0.25, 0.3) is 33.8 Å². The molecule has 49 heavy (non-hydrogen) atoms. The lowest BCUT2D eigenvalue weighted by Gasteiger charge is -2.28. The minimum atomic E-state index is -0.0873. The van der Waals surface area contributed by atoms with Crippen LogP contribution in [0.5, 0.6) is 0 Å². The molecule has 3 nitrogen and oxygen atoms in total. The summed E-state index contributed by atoms with van der Waals surface area (Å²) in [5, 5.41) is 0. The van der Waals surface area contributed by atoms with Crippen LogP contribution in [0.2, 0.25) is 0 Å². The average molecular weight is 644 g/mol. The third kappa shape index (κ3) is 8.23. The Bertz CT molecular complexity index is 1690. The lowest BCUT2D eigenvalue weighted by Crippen LogP contribution is -2.11. The van der Waals surface area contributed by atoms with Crippen LogP contribution >= 0.6 is 0 Å². The summed E-state index contributed by atoms with van der Waals surface area (Å²) in [5.41, 5.74) is 14.4. The van der Waals surface area contributed by atoms with Gasteiger partial charge in [0, 0.05) is 41.2 Å². The van der Waals surface area contributed by atoms with E-state index in [1.165, 1.54) is 50.1 Å². The molecule has 0 saturated carbocycles. The molecule has 0 aliphatic carbocycles.